The number of ether oxygens (including phenoxy) is 4. The lowest BCUT2D eigenvalue weighted by atomic mass is 10.1. The molecule has 4 aliphatic rings. The Bertz CT molecular complexity index is 1480. The van der Waals surface area contributed by atoms with Crippen LogP contribution in [-0.4, -0.2) is 98.9 Å². The van der Waals surface area contributed by atoms with Crippen molar-refractivity contribution in [1.29, 1.82) is 0 Å². The van der Waals surface area contributed by atoms with E-state index in [0.717, 1.165) is 36.8 Å². The summed E-state index contributed by atoms with van der Waals surface area (Å²) in [5, 5.41) is 0. The first-order valence-electron chi connectivity index (χ1n) is 17.0. The van der Waals surface area contributed by atoms with Gasteiger partial charge in [-0.05, 0) is 60.4 Å². The monoisotopic (exact) mass is 654 g/mol. The van der Waals surface area contributed by atoms with Gasteiger partial charge < -0.3 is 28.7 Å². The van der Waals surface area contributed by atoms with Gasteiger partial charge in [0.05, 0.1) is 48.8 Å². The Morgan fingerprint density at radius 3 is 1.44 bits per heavy atom. The van der Waals surface area contributed by atoms with E-state index in [2.05, 4.69) is 23.1 Å². The average Bonchev–Trinajstić information content (AvgIpc) is 3.50. The van der Waals surface area contributed by atoms with E-state index < -0.39 is 0 Å². The first-order chi connectivity index (χ1) is 23.4. The molecule has 0 N–H and O–H groups in total. The minimum Gasteiger partial charge on any atom is -0.497 e. The first kappa shape index (κ1) is 33.6. The topological polar surface area (TPSA) is 102 Å². The van der Waals surface area contributed by atoms with Gasteiger partial charge in [-0.3, -0.25) is 19.6 Å². The summed E-state index contributed by atoms with van der Waals surface area (Å²) in [4.78, 5) is 39.4. The Labute approximate surface area is 283 Å². The SMILES string of the molecule is C=C1CN2C(=O)c3cc(OC)ccc3N=C[C@H]2C1OCCCCCCCCCCOC1C(=C)CN2C(=O)c3cc(OC)ccc3N=C[C@@H]12. The van der Waals surface area contributed by atoms with E-state index in [4.69, 9.17) is 18.9 Å². The predicted molar refractivity (Wildman–Crippen MR) is 187 cm³/mol. The number of rotatable bonds is 15. The van der Waals surface area contributed by atoms with Crippen LogP contribution in [0.4, 0.5) is 11.4 Å². The van der Waals surface area contributed by atoms with Gasteiger partial charge in [-0.1, -0.05) is 51.7 Å². The van der Waals surface area contributed by atoms with Gasteiger partial charge in [0.25, 0.3) is 11.8 Å². The second-order valence-corrected chi connectivity index (χ2v) is 12.9. The van der Waals surface area contributed by atoms with Crippen molar-refractivity contribution in [2.45, 2.75) is 75.7 Å². The molecule has 6 rings (SSSR count). The quantitative estimate of drug-likeness (QED) is 0.161. The smallest absolute Gasteiger partial charge is 0.257 e. The fraction of sp³-hybridized carbons (Fsp3) is 0.474. The maximum absolute atomic E-state index is 13.3. The third kappa shape index (κ3) is 7.10. The summed E-state index contributed by atoms with van der Waals surface area (Å²) in [6.45, 7) is 10.6. The van der Waals surface area contributed by atoms with Crippen LogP contribution in [0.15, 0.2) is 70.7 Å². The van der Waals surface area contributed by atoms with Crippen LogP contribution in [0.5, 0.6) is 11.5 Å². The molecular formula is C38H46N4O6. The van der Waals surface area contributed by atoms with Crippen molar-refractivity contribution in [3.63, 3.8) is 0 Å². The van der Waals surface area contributed by atoms with Crippen molar-refractivity contribution < 1.29 is 28.5 Å². The fourth-order valence-electron chi connectivity index (χ4n) is 6.96. The molecule has 2 saturated heterocycles. The van der Waals surface area contributed by atoms with Crippen LogP contribution in [-0.2, 0) is 9.47 Å². The zero-order valence-electron chi connectivity index (χ0n) is 28.1. The van der Waals surface area contributed by atoms with Gasteiger partial charge in [0.15, 0.2) is 0 Å². The number of unbranched alkanes of at least 4 members (excludes halogenated alkanes) is 7. The van der Waals surface area contributed by atoms with Gasteiger partial charge in [-0.2, -0.15) is 0 Å². The van der Waals surface area contributed by atoms with E-state index in [0.29, 0.717) is 60.3 Å². The Morgan fingerprint density at radius 2 is 1.04 bits per heavy atom. The summed E-state index contributed by atoms with van der Waals surface area (Å²) >= 11 is 0. The lowest BCUT2D eigenvalue weighted by Gasteiger charge is -2.23. The summed E-state index contributed by atoms with van der Waals surface area (Å²) < 4.78 is 23.1. The molecule has 0 bridgehead atoms. The number of amides is 2. The van der Waals surface area contributed by atoms with Crippen molar-refractivity contribution in [3.05, 3.63) is 71.8 Å². The molecule has 0 radical (unpaired) electrons. The highest BCUT2D eigenvalue weighted by Gasteiger charge is 2.43. The van der Waals surface area contributed by atoms with Gasteiger partial charge in [0.1, 0.15) is 23.7 Å². The van der Waals surface area contributed by atoms with E-state index in [1.54, 1.807) is 36.2 Å². The molecule has 2 fully saturated rings. The molecule has 0 aliphatic carbocycles. The first-order valence-corrected chi connectivity index (χ1v) is 17.0. The molecule has 4 heterocycles. The molecule has 10 heteroatoms. The van der Waals surface area contributed by atoms with Crippen molar-refractivity contribution >= 4 is 35.6 Å². The van der Waals surface area contributed by atoms with Gasteiger partial charge in [-0.15, -0.1) is 0 Å². The Hall–Kier alpha value is -4.28. The van der Waals surface area contributed by atoms with Crippen molar-refractivity contribution in [2.75, 3.05) is 40.5 Å². The summed E-state index contributed by atoms with van der Waals surface area (Å²) in [6, 6.07) is 10.3. The number of benzene rings is 2. The number of nitrogens with zero attached hydrogens (tertiary/aromatic N) is 4. The Balaban J connectivity index is 0.841. The molecule has 48 heavy (non-hydrogen) atoms. The zero-order valence-corrected chi connectivity index (χ0v) is 28.1. The highest BCUT2D eigenvalue weighted by atomic mass is 16.5. The second kappa shape index (κ2) is 15.3. The zero-order chi connectivity index (χ0) is 33.6. The fourth-order valence-corrected chi connectivity index (χ4v) is 6.96. The third-order valence-electron chi connectivity index (χ3n) is 9.65. The maximum Gasteiger partial charge on any atom is 0.257 e. The molecule has 2 unspecified atom stereocenters. The molecule has 0 spiro atoms. The normalized spacial score (nSPS) is 22.7. The highest BCUT2D eigenvalue weighted by molar-refractivity contribution is 6.04. The lowest BCUT2D eigenvalue weighted by Crippen LogP contribution is -2.40. The number of carbonyl (C=O) groups is 2. The molecule has 2 aromatic rings. The van der Waals surface area contributed by atoms with Crippen LogP contribution >= 0.6 is 0 Å². The van der Waals surface area contributed by atoms with E-state index in [9.17, 15) is 9.59 Å². The molecule has 4 atom stereocenters. The van der Waals surface area contributed by atoms with E-state index in [1.165, 1.54) is 25.7 Å². The van der Waals surface area contributed by atoms with Crippen LogP contribution in [0.2, 0.25) is 0 Å². The standard InChI is InChI=1S/C38H46N4O6/c1-25-23-41-33(21-39-31-15-13-27(45-3)19-29(31)37(41)43)35(25)47-17-11-9-7-5-6-8-10-12-18-48-36-26(2)24-42-34(36)22-40-32-16-14-28(46-4)20-30(32)38(42)44/h13-16,19-22,33-36H,1-2,5-12,17-18,23-24H2,3-4H3/t33-,34-,35?,36?/m0/s1. The van der Waals surface area contributed by atoms with E-state index in [1.807, 2.05) is 36.7 Å². The van der Waals surface area contributed by atoms with Gasteiger partial charge >= 0.3 is 0 Å². The maximum atomic E-state index is 13.3. The van der Waals surface area contributed by atoms with Crippen LogP contribution in [0, 0.1) is 0 Å². The van der Waals surface area contributed by atoms with Gasteiger partial charge in [0, 0.05) is 38.7 Å². The Morgan fingerprint density at radius 1 is 0.646 bits per heavy atom. The summed E-state index contributed by atoms with van der Waals surface area (Å²) in [5.74, 6) is 1.13. The van der Waals surface area contributed by atoms with Gasteiger partial charge in [0.2, 0.25) is 0 Å². The number of hydrogen-bond donors (Lipinski definition) is 0. The average molecular weight is 655 g/mol. The highest BCUT2D eigenvalue weighted by Crippen LogP contribution is 2.35. The van der Waals surface area contributed by atoms with Crippen LogP contribution in [0.1, 0.15) is 72.1 Å². The van der Waals surface area contributed by atoms with Crippen molar-refractivity contribution in [1.82, 2.24) is 9.80 Å². The molecule has 10 nitrogen and oxygen atoms in total. The third-order valence-corrected chi connectivity index (χ3v) is 9.65. The number of aliphatic imine (C=N–C) groups is 2. The molecule has 0 saturated carbocycles. The largest absolute Gasteiger partial charge is 0.497 e. The van der Waals surface area contributed by atoms with Crippen LogP contribution in [0.25, 0.3) is 0 Å². The van der Waals surface area contributed by atoms with Crippen molar-refractivity contribution in [3.8, 4) is 11.5 Å². The second-order valence-electron chi connectivity index (χ2n) is 12.9. The predicted octanol–water partition coefficient (Wildman–Crippen LogP) is 6.49. The lowest BCUT2D eigenvalue weighted by molar-refractivity contribution is 0.0507. The van der Waals surface area contributed by atoms with E-state index >= 15 is 0 Å². The van der Waals surface area contributed by atoms with Crippen LogP contribution in [0.3, 0.4) is 0 Å². The molecule has 254 valence electrons. The number of hydrogen-bond acceptors (Lipinski definition) is 8. The van der Waals surface area contributed by atoms with Crippen LogP contribution < -0.4 is 9.47 Å². The molecule has 4 aliphatic heterocycles. The van der Waals surface area contributed by atoms with Crippen molar-refractivity contribution in [2.24, 2.45) is 9.98 Å². The van der Waals surface area contributed by atoms with Gasteiger partial charge in [-0.25, -0.2) is 0 Å². The minimum atomic E-state index is -0.248. The number of fused-ring (bicyclic) bond motifs is 4. The minimum absolute atomic E-state index is 0.0700. The summed E-state index contributed by atoms with van der Waals surface area (Å²) in [5.41, 5.74) is 4.21. The molecular weight excluding hydrogens is 608 g/mol. The number of carbonyl (C=O) groups excluding carboxylic acids is 2. The number of methoxy groups -OCH3 is 2. The van der Waals surface area contributed by atoms with E-state index in [-0.39, 0.29) is 36.1 Å². The molecule has 2 amide bonds. The molecule has 0 aromatic heterocycles. The Kier molecular flexibility index (Phi) is 10.7. The molecule has 2 aromatic carbocycles. The summed E-state index contributed by atoms with van der Waals surface area (Å²) in [7, 11) is 3.18. The summed E-state index contributed by atoms with van der Waals surface area (Å²) in [6.07, 6.45) is 12.0.